The minimum atomic E-state index is -4.66. The zero-order valence-corrected chi connectivity index (χ0v) is 10.3. The van der Waals surface area contributed by atoms with Crippen molar-refractivity contribution in [3.8, 4) is 0 Å². The molecule has 0 spiro atoms. The first kappa shape index (κ1) is 13.7. The van der Waals surface area contributed by atoms with E-state index < -0.39 is 23.5 Å². The lowest BCUT2D eigenvalue weighted by atomic mass is 10.4. The first-order valence-electron chi connectivity index (χ1n) is 5.21. The molecule has 0 bridgehead atoms. The third-order valence-electron chi connectivity index (χ3n) is 2.50. The molecular formula is C10H9ClF3N3O2. The fraction of sp³-hybridized carbons (Fsp3) is 0.400. The van der Waals surface area contributed by atoms with E-state index in [2.05, 4.69) is 16.3 Å². The number of carbonyl (C=O) groups is 1. The molecule has 1 atom stereocenters. The lowest BCUT2D eigenvalue weighted by molar-refractivity contribution is -0.155. The lowest BCUT2D eigenvalue weighted by Crippen LogP contribution is -2.33. The van der Waals surface area contributed by atoms with Gasteiger partial charge in [-0.05, 0) is 0 Å². The highest BCUT2D eigenvalue weighted by molar-refractivity contribution is 6.25. The highest BCUT2D eigenvalue weighted by Gasteiger charge is 2.41. The first-order valence-corrected chi connectivity index (χ1v) is 5.65. The minimum absolute atomic E-state index is 0.167. The van der Waals surface area contributed by atoms with Gasteiger partial charge >= 0.3 is 12.2 Å². The molecule has 2 heterocycles. The van der Waals surface area contributed by atoms with Crippen molar-refractivity contribution in [2.75, 3.05) is 18.0 Å². The molecule has 9 heteroatoms. The van der Waals surface area contributed by atoms with E-state index >= 15 is 0 Å². The number of urea groups is 1. The average molecular weight is 296 g/mol. The van der Waals surface area contributed by atoms with Crippen molar-refractivity contribution in [2.45, 2.75) is 11.7 Å². The number of hydrogen-bond donors (Lipinski definition) is 0. The smallest absolute Gasteiger partial charge is 0.349 e. The largest absolute Gasteiger partial charge is 0.452 e. The predicted octanol–water partition coefficient (Wildman–Crippen LogP) is 2.69. The summed E-state index contributed by atoms with van der Waals surface area (Å²) in [5.74, 6) is -1.54. The molecule has 0 N–H and O–H groups in total. The number of anilines is 1. The Morgan fingerprint density at radius 3 is 2.84 bits per heavy atom. The van der Waals surface area contributed by atoms with Crippen LogP contribution in [-0.2, 0) is 6.18 Å². The van der Waals surface area contributed by atoms with E-state index in [9.17, 15) is 18.0 Å². The third-order valence-corrected chi connectivity index (χ3v) is 2.83. The molecule has 1 aliphatic rings. The summed E-state index contributed by atoms with van der Waals surface area (Å²) < 4.78 is 41.3. The van der Waals surface area contributed by atoms with Crippen LogP contribution in [0.25, 0.3) is 0 Å². The predicted molar refractivity (Wildman–Crippen MR) is 60.8 cm³/mol. The summed E-state index contributed by atoms with van der Waals surface area (Å²) in [5.41, 5.74) is -0.807. The number of amides is 2. The zero-order chi connectivity index (χ0) is 14.2. The van der Waals surface area contributed by atoms with E-state index in [1.807, 2.05) is 0 Å². The van der Waals surface area contributed by atoms with Gasteiger partial charge in [-0.3, -0.25) is 4.90 Å². The molecule has 1 aromatic heterocycles. The quantitative estimate of drug-likeness (QED) is 0.489. The second-order valence-electron chi connectivity index (χ2n) is 3.83. The molecule has 0 aromatic carbocycles. The van der Waals surface area contributed by atoms with Crippen molar-refractivity contribution in [3.63, 3.8) is 0 Å². The van der Waals surface area contributed by atoms with Crippen LogP contribution >= 0.6 is 11.6 Å². The van der Waals surface area contributed by atoms with Crippen LogP contribution in [0.2, 0.25) is 0 Å². The number of carbonyl (C=O) groups excluding carboxylic acids is 1. The average Bonchev–Trinajstić information content (AvgIpc) is 2.85. The molecule has 104 valence electrons. The van der Waals surface area contributed by atoms with Crippen LogP contribution in [-0.4, -0.2) is 34.7 Å². The number of nitrogens with zero attached hydrogens (tertiary/aromatic N) is 3. The molecule has 0 saturated carbocycles. The topological polar surface area (TPSA) is 49.6 Å². The molecule has 2 amide bonds. The Bertz CT molecular complexity index is 502. The SMILES string of the molecule is C=CCN1CC(Cl)N(c2cc(C(F)(F)F)on2)C1=O. The van der Waals surface area contributed by atoms with E-state index in [0.29, 0.717) is 6.07 Å². The minimum Gasteiger partial charge on any atom is -0.349 e. The van der Waals surface area contributed by atoms with Gasteiger partial charge < -0.3 is 9.42 Å². The molecule has 1 unspecified atom stereocenters. The van der Waals surface area contributed by atoms with Crippen molar-refractivity contribution >= 4 is 23.4 Å². The normalized spacial score (nSPS) is 20.2. The van der Waals surface area contributed by atoms with Crippen molar-refractivity contribution in [1.82, 2.24) is 10.1 Å². The fourth-order valence-electron chi connectivity index (χ4n) is 1.68. The lowest BCUT2D eigenvalue weighted by Gasteiger charge is -2.15. The highest BCUT2D eigenvalue weighted by atomic mass is 35.5. The second-order valence-corrected chi connectivity index (χ2v) is 4.33. The van der Waals surface area contributed by atoms with Gasteiger partial charge in [-0.25, -0.2) is 4.79 Å². The summed E-state index contributed by atoms with van der Waals surface area (Å²) in [5, 5.41) is 3.23. The summed E-state index contributed by atoms with van der Waals surface area (Å²) in [6.45, 7) is 3.90. The molecule has 0 aliphatic carbocycles. The van der Waals surface area contributed by atoms with Crippen molar-refractivity contribution in [2.24, 2.45) is 0 Å². The van der Waals surface area contributed by atoms with Gasteiger partial charge in [0, 0.05) is 12.6 Å². The van der Waals surface area contributed by atoms with Crippen molar-refractivity contribution in [3.05, 3.63) is 24.5 Å². The Hall–Kier alpha value is -1.70. The van der Waals surface area contributed by atoms with E-state index in [0.717, 1.165) is 4.90 Å². The zero-order valence-electron chi connectivity index (χ0n) is 9.52. The van der Waals surface area contributed by atoms with Crippen LogP contribution in [0.15, 0.2) is 23.2 Å². The summed E-state index contributed by atoms with van der Waals surface area (Å²) in [7, 11) is 0. The summed E-state index contributed by atoms with van der Waals surface area (Å²) in [4.78, 5) is 14.2. The molecule has 5 nitrogen and oxygen atoms in total. The van der Waals surface area contributed by atoms with Gasteiger partial charge in [0.2, 0.25) is 5.76 Å². The van der Waals surface area contributed by atoms with Gasteiger partial charge in [-0.15, -0.1) is 6.58 Å². The molecule has 1 saturated heterocycles. The molecule has 1 fully saturated rings. The Morgan fingerprint density at radius 2 is 2.32 bits per heavy atom. The Balaban J connectivity index is 2.24. The number of aromatic nitrogens is 1. The fourth-order valence-corrected chi connectivity index (χ4v) is 2.03. The van der Waals surface area contributed by atoms with Crippen LogP contribution in [0.3, 0.4) is 0 Å². The Morgan fingerprint density at radius 1 is 1.63 bits per heavy atom. The van der Waals surface area contributed by atoms with Crippen LogP contribution in [0.4, 0.5) is 23.8 Å². The van der Waals surface area contributed by atoms with Crippen molar-refractivity contribution in [1.29, 1.82) is 0 Å². The van der Waals surface area contributed by atoms with E-state index in [1.165, 1.54) is 11.0 Å². The third kappa shape index (κ3) is 2.53. The number of hydrogen-bond acceptors (Lipinski definition) is 3. The van der Waals surface area contributed by atoms with Gasteiger partial charge in [0.15, 0.2) is 5.82 Å². The molecule has 19 heavy (non-hydrogen) atoms. The number of alkyl halides is 4. The Labute approximate surface area is 111 Å². The monoisotopic (exact) mass is 295 g/mol. The Kier molecular flexibility index (Phi) is 3.44. The standard InChI is InChI=1S/C10H9ClF3N3O2/c1-2-3-16-5-7(11)17(9(16)18)8-4-6(19-15-8)10(12,13)14/h2,4,7H,1,3,5H2. The van der Waals surface area contributed by atoms with Gasteiger partial charge in [0.05, 0.1) is 6.54 Å². The van der Waals surface area contributed by atoms with E-state index in [-0.39, 0.29) is 18.9 Å². The van der Waals surface area contributed by atoms with E-state index in [4.69, 9.17) is 11.6 Å². The van der Waals surface area contributed by atoms with E-state index in [1.54, 1.807) is 0 Å². The van der Waals surface area contributed by atoms with Gasteiger partial charge in [-0.1, -0.05) is 22.8 Å². The first-order chi connectivity index (χ1) is 8.84. The summed E-state index contributed by atoms with van der Waals surface area (Å²) >= 11 is 5.93. The molecule has 1 aromatic rings. The van der Waals surface area contributed by atoms with Gasteiger partial charge in [-0.2, -0.15) is 13.2 Å². The molecule has 1 aliphatic heterocycles. The maximum atomic E-state index is 12.4. The van der Waals surface area contributed by atoms with Crippen LogP contribution in [0.5, 0.6) is 0 Å². The molecule has 2 rings (SSSR count). The number of halogens is 4. The molecular weight excluding hydrogens is 287 g/mol. The maximum Gasteiger partial charge on any atom is 0.452 e. The van der Waals surface area contributed by atoms with Crippen molar-refractivity contribution < 1.29 is 22.5 Å². The van der Waals surface area contributed by atoms with Crippen LogP contribution < -0.4 is 4.90 Å². The summed E-state index contributed by atoms with van der Waals surface area (Å²) in [6.07, 6.45) is -3.16. The summed E-state index contributed by atoms with van der Waals surface area (Å²) in [6, 6.07) is 0.104. The number of rotatable bonds is 3. The second kappa shape index (κ2) is 4.76. The maximum absolute atomic E-state index is 12.4. The highest BCUT2D eigenvalue weighted by Crippen LogP contribution is 2.33. The van der Waals surface area contributed by atoms with Crippen LogP contribution in [0, 0.1) is 0 Å². The van der Waals surface area contributed by atoms with Gasteiger partial charge in [0.25, 0.3) is 0 Å². The molecule has 0 radical (unpaired) electrons. The van der Waals surface area contributed by atoms with Gasteiger partial charge in [0.1, 0.15) is 5.50 Å². The van der Waals surface area contributed by atoms with Crippen LogP contribution in [0.1, 0.15) is 5.76 Å².